The van der Waals surface area contributed by atoms with Gasteiger partial charge in [-0.1, -0.05) is 18.2 Å². The smallest absolute Gasteiger partial charge is 0.349 e. The Balaban J connectivity index is 1.60. The summed E-state index contributed by atoms with van der Waals surface area (Å²) < 4.78 is 29.0. The number of esters is 1. The molecule has 0 radical (unpaired) electrons. The lowest BCUT2D eigenvalue weighted by Crippen LogP contribution is -2.42. The molecular weight excluding hydrogens is 350 g/mol. The molecule has 6 nitrogen and oxygen atoms in total. The third-order valence-electron chi connectivity index (χ3n) is 3.86. The van der Waals surface area contributed by atoms with E-state index in [0.29, 0.717) is 11.3 Å². The molecule has 0 aliphatic carbocycles. The lowest BCUT2D eigenvalue weighted by Gasteiger charge is -2.16. The van der Waals surface area contributed by atoms with E-state index >= 15 is 0 Å². The molecule has 1 fully saturated rings. The number of thiophene rings is 1. The summed E-state index contributed by atoms with van der Waals surface area (Å²) >= 11 is 1.31. The van der Waals surface area contributed by atoms with Gasteiger partial charge < -0.3 is 10.1 Å². The van der Waals surface area contributed by atoms with Gasteiger partial charge >= 0.3 is 5.97 Å². The Kier molecular flexibility index (Phi) is 4.60. The van der Waals surface area contributed by atoms with Gasteiger partial charge in [-0.2, -0.15) is 0 Å². The zero-order valence-electron chi connectivity index (χ0n) is 13.0. The molecule has 0 bridgehead atoms. The predicted molar refractivity (Wildman–Crippen MR) is 91.9 cm³/mol. The molecule has 1 N–H and O–H groups in total. The number of amides is 1. The largest absolute Gasteiger partial charge is 0.448 e. The van der Waals surface area contributed by atoms with Crippen molar-refractivity contribution in [1.29, 1.82) is 0 Å². The maximum absolute atomic E-state index is 12.2. The number of rotatable bonds is 4. The molecule has 1 aromatic carbocycles. The van der Waals surface area contributed by atoms with Crippen molar-refractivity contribution in [1.82, 2.24) is 5.32 Å². The highest BCUT2D eigenvalue weighted by atomic mass is 32.2. The summed E-state index contributed by atoms with van der Waals surface area (Å²) in [5.74, 6) is -1.02. The Hall–Kier alpha value is -1.93. The number of ether oxygens (including phenoxy) is 1. The number of hydrogen-bond acceptors (Lipinski definition) is 6. The van der Waals surface area contributed by atoms with Gasteiger partial charge in [0.1, 0.15) is 4.88 Å². The van der Waals surface area contributed by atoms with E-state index in [1.807, 2.05) is 24.3 Å². The van der Waals surface area contributed by atoms with E-state index in [4.69, 9.17) is 4.74 Å². The molecule has 128 valence electrons. The van der Waals surface area contributed by atoms with Gasteiger partial charge in [0.15, 0.2) is 15.9 Å². The highest BCUT2D eigenvalue weighted by Gasteiger charge is 2.31. The zero-order chi connectivity index (χ0) is 17.3. The van der Waals surface area contributed by atoms with E-state index in [2.05, 4.69) is 5.32 Å². The lowest BCUT2D eigenvalue weighted by atomic mass is 10.2. The molecule has 2 atom stereocenters. The van der Waals surface area contributed by atoms with Crippen molar-refractivity contribution in [2.45, 2.75) is 25.5 Å². The van der Waals surface area contributed by atoms with Crippen LogP contribution in [0.25, 0.3) is 10.1 Å². The quantitative estimate of drug-likeness (QED) is 0.832. The van der Waals surface area contributed by atoms with Crippen molar-refractivity contribution in [3.8, 4) is 0 Å². The van der Waals surface area contributed by atoms with Gasteiger partial charge in [-0.05, 0) is 30.9 Å². The summed E-state index contributed by atoms with van der Waals surface area (Å²) in [6, 6.07) is 8.91. The van der Waals surface area contributed by atoms with Gasteiger partial charge in [-0.25, -0.2) is 13.2 Å². The number of sulfone groups is 1. The van der Waals surface area contributed by atoms with Crippen LogP contribution in [0.15, 0.2) is 30.3 Å². The van der Waals surface area contributed by atoms with Crippen LogP contribution >= 0.6 is 11.3 Å². The predicted octanol–water partition coefficient (Wildman–Crippen LogP) is 1.75. The SMILES string of the molecule is C[C@@H](OC(=O)c1cc2ccccc2s1)C(=O)N[C@H]1CCS(=O)(=O)C1. The molecule has 0 saturated carbocycles. The topological polar surface area (TPSA) is 89.5 Å². The van der Waals surface area contributed by atoms with Crippen molar-refractivity contribution < 1.29 is 22.7 Å². The minimum atomic E-state index is -3.07. The summed E-state index contributed by atoms with van der Waals surface area (Å²) in [7, 11) is -3.07. The Morgan fingerprint density at radius 1 is 1.33 bits per heavy atom. The molecule has 2 heterocycles. The third-order valence-corrected chi connectivity index (χ3v) is 6.72. The first-order valence-electron chi connectivity index (χ1n) is 7.54. The maximum Gasteiger partial charge on any atom is 0.349 e. The summed E-state index contributed by atoms with van der Waals surface area (Å²) in [5, 5.41) is 3.57. The molecule has 8 heteroatoms. The minimum absolute atomic E-state index is 0.0598. The maximum atomic E-state index is 12.2. The van der Waals surface area contributed by atoms with Crippen LogP contribution in [0.4, 0.5) is 0 Å². The molecule has 0 spiro atoms. The zero-order valence-corrected chi connectivity index (χ0v) is 14.7. The van der Waals surface area contributed by atoms with Gasteiger partial charge in [0.2, 0.25) is 0 Å². The van der Waals surface area contributed by atoms with Crippen LogP contribution in [0.2, 0.25) is 0 Å². The fourth-order valence-corrected chi connectivity index (χ4v) is 5.20. The molecule has 1 aromatic heterocycles. The molecule has 3 rings (SSSR count). The molecule has 1 aliphatic rings. The fourth-order valence-electron chi connectivity index (χ4n) is 2.58. The fraction of sp³-hybridized carbons (Fsp3) is 0.375. The Morgan fingerprint density at radius 3 is 2.75 bits per heavy atom. The number of carbonyl (C=O) groups excluding carboxylic acids is 2. The van der Waals surface area contributed by atoms with Crippen LogP contribution < -0.4 is 5.32 Å². The van der Waals surface area contributed by atoms with Crippen molar-refractivity contribution in [3.05, 3.63) is 35.2 Å². The molecule has 2 aromatic rings. The highest BCUT2D eigenvalue weighted by molar-refractivity contribution is 7.91. The van der Waals surface area contributed by atoms with Gasteiger partial charge in [0, 0.05) is 10.7 Å². The number of hydrogen-bond donors (Lipinski definition) is 1. The van der Waals surface area contributed by atoms with Crippen LogP contribution in [0, 0.1) is 0 Å². The lowest BCUT2D eigenvalue weighted by molar-refractivity contribution is -0.129. The first-order chi connectivity index (χ1) is 11.3. The highest BCUT2D eigenvalue weighted by Crippen LogP contribution is 2.26. The van der Waals surface area contributed by atoms with Crippen LogP contribution in [-0.2, 0) is 19.4 Å². The van der Waals surface area contributed by atoms with E-state index < -0.39 is 33.9 Å². The van der Waals surface area contributed by atoms with E-state index in [1.54, 1.807) is 6.07 Å². The second kappa shape index (κ2) is 6.52. The third kappa shape index (κ3) is 3.76. The van der Waals surface area contributed by atoms with E-state index in [-0.39, 0.29) is 11.5 Å². The Bertz CT molecular complexity index is 854. The standard InChI is InChI=1S/C16H17NO5S2/c1-10(15(18)17-12-6-7-24(20,21)9-12)22-16(19)14-8-11-4-2-3-5-13(11)23-14/h2-5,8,10,12H,6-7,9H2,1H3,(H,17,18)/t10-,12+/m1/s1. The Morgan fingerprint density at radius 2 is 2.08 bits per heavy atom. The first kappa shape index (κ1) is 16.9. The number of nitrogens with one attached hydrogen (secondary N) is 1. The molecule has 1 saturated heterocycles. The molecular formula is C16H17NO5S2. The van der Waals surface area contributed by atoms with Crippen molar-refractivity contribution in [2.75, 3.05) is 11.5 Å². The van der Waals surface area contributed by atoms with Crippen molar-refractivity contribution in [2.24, 2.45) is 0 Å². The second-order valence-corrected chi connectivity index (χ2v) is 9.12. The molecule has 1 aliphatic heterocycles. The van der Waals surface area contributed by atoms with E-state index in [9.17, 15) is 18.0 Å². The first-order valence-corrected chi connectivity index (χ1v) is 10.2. The normalized spacial score (nSPS) is 20.6. The number of fused-ring (bicyclic) bond motifs is 1. The van der Waals surface area contributed by atoms with Crippen LogP contribution in [0.3, 0.4) is 0 Å². The van der Waals surface area contributed by atoms with E-state index in [0.717, 1.165) is 10.1 Å². The van der Waals surface area contributed by atoms with Crippen molar-refractivity contribution in [3.63, 3.8) is 0 Å². The van der Waals surface area contributed by atoms with Crippen LogP contribution in [0.5, 0.6) is 0 Å². The van der Waals surface area contributed by atoms with Crippen LogP contribution in [0.1, 0.15) is 23.0 Å². The van der Waals surface area contributed by atoms with Gasteiger partial charge in [-0.15, -0.1) is 11.3 Å². The molecule has 1 amide bonds. The van der Waals surface area contributed by atoms with E-state index in [1.165, 1.54) is 18.3 Å². The van der Waals surface area contributed by atoms with Crippen LogP contribution in [-0.4, -0.2) is 43.9 Å². The average Bonchev–Trinajstić information content (AvgIpc) is 3.10. The van der Waals surface area contributed by atoms with Gasteiger partial charge in [-0.3, -0.25) is 4.79 Å². The summed E-state index contributed by atoms with van der Waals surface area (Å²) in [6.45, 7) is 1.48. The summed E-state index contributed by atoms with van der Waals surface area (Å²) in [5.41, 5.74) is 0. The number of carbonyl (C=O) groups is 2. The minimum Gasteiger partial charge on any atom is -0.448 e. The summed E-state index contributed by atoms with van der Waals surface area (Å²) in [6.07, 6.45) is -0.587. The number of benzene rings is 1. The monoisotopic (exact) mass is 367 g/mol. The van der Waals surface area contributed by atoms with Gasteiger partial charge in [0.25, 0.3) is 5.91 Å². The second-order valence-electron chi connectivity index (χ2n) is 5.80. The summed E-state index contributed by atoms with van der Waals surface area (Å²) in [4.78, 5) is 24.7. The van der Waals surface area contributed by atoms with Crippen molar-refractivity contribution >= 4 is 43.1 Å². The average molecular weight is 367 g/mol. The Labute approximate surface area is 143 Å². The molecule has 24 heavy (non-hydrogen) atoms. The van der Waals surface area contributed by atoms with Gasteiger partial charge in [0.05, 0.1) is 11.5 Å². The molecule has 0 unspecified atom stereocenters.